The van der Waals surface area contributed by atoms with Crippen LogP contribution in [0.2, 0.25) is 0 Å². The first-order chi connectivity index (χ1) is 12.9. The van der Waals surface area contributed by atoms with Gasteiger partial charge in [-0.1, -0.05) is 33.4 Å². The molecule has 2 rings (SSSR count). The van der Waals surface area contributed by atoms with Gasteiger partial charge < -0.3 is 24.8 Å². The van der Waals surface area contributed by atoms with E-state index < -0.39 is 24.0 Å². The first kappa shape index (κ1) is 20.6. The third-order valence-electron chi connectivity index (χ3n) is 4.09. The summed E-state index contributed by atoms with van der Waals surface area (Å²) in [4.78, 5) is 24.6. The van der Waals surface area contributed by atoms with Gasteiger partial charge in [-0.2, -0.15) is 0 Å². The van der Waals surface area contributed by atoms with Crippen LogP contribution in [-0.2, 0) is 9.53 Å². The third-order valence-corrected chi connectivity index (χ3v) is 4.09. The van der Waals surface area contributed by atoms with E-state index >= 15 is 0 Å². The number of benzene rings is 1. The van der Waals surface area contributed by atoms with Crippen molar-refractivity contribution >= 4 is 12.0 Å². The van der Waals surface area contributed by atoms with Crippen molar-refractivity contribution in [2.45, 2.75) is 33.2 Å². The molecule has 7 nitrogen and oxygen atoms in total. The Kier molecular flexibility index (Phi) is 7.10. The van der Waals surface area contributed by atoms with Gasteiger partial charge in [-0.15, -0.1) is 0 Å². The summed E-state index contributed by atoms with van der Waals surface area (Å²) in [5, 5.41) is 5.35. The molecule has 0 saturated carbocycles. The Balaban J connectivity index is 2.31. The molecule has 1 heterocycles. The molecular weight excluding hydrogens is 348 g/mol. The Labute approximate surface area is 160 Å². The minimum absolute atomic E-state index is 0.210. The van der Waals surface area contributed by atoms with E-state index in [4.69, 9.17) is 14.2 Å². The molecule has 7 heteroatoms. The van der Waals surface area contributed by atoms with Crippen LogP contribution in [0, 0.1) is 11.8 Å². The topological polar surface area (TPSA) is 85.9 Å². The molecule has 0 aromatic heterocycles. The number of hydrogen-bond donors (Lipinski definition) is 2. The summed E-state index contributed by atoms with van der Waals surface area (Å²) in [5.74, 6) is 0.182. The highest BCUT2D eigenvalue weighted by molar-refractivity contribution is 5.85. The fraction of sp³-hybridized carbons (Fsp3) is 0.500. The number of esters is 1. The monoisotopic (exact) mass is 376 g/mol. The quantitative estimate of drug-likeness (QED) is 0.681. The summed E-state index contributed by atoms with van der Waals surface area (Å²) in [6.45, 7) is 10.6. The Morgan fingerprint density at radius 2 is 2.04 bits per heavy atom. The minimum atomic E-state index is -0.742. The molecule has 1 aromatic rings. The largest absolute Gasteiger partial charge is 0.493 e. The molecule has 0 spiro atoms. The second kappa shape index (κ2) is 9.30. The molecule has 2 amide bonds. The zero-order valence-electron chi connectivity index (χ0n) is 16.3. The maximum atomic E-state index is 12.6. The SMILES string of the molecule is C=C1NC(=O)N[C@H](c2ccc(OCCC)c(OC)c2)[C@H]1C(=O)OCC(C)C. The lowest BCUT2D eigenvalue weighted by Crippen LogP contribution is -2.51. The number of hydrogen-bond acceptors (Lipinski definition) is 5. The lowest BCUT2D eigenvalue weighted by atomic mass is 9.89. The molecule has 1 fully saturated rings. The van der Waals surface area contributed by atoms with Crippen LogP contribution in [0.25, 0.3) is 0 Å². The van der Waals surface area contributed by atoms with Crippen molar-refractivity contribution in [3.05, 3.63) is 36.0 Å². The summed E-state index contributed by atoms with van der Waals surface area (Å²) >= 11 is 0. The van der Waals surface area contributed by atoms with Gasteiger partial charge in [0.1, 0.15) is 5.92 Å². The molecule has 2 atom stereocenters. The standard InChI is InChI=1S/C20H28N2O5/c1-6-9-26-15-8-7-14(10-16(15)25-5)18-17(13(4)21-20(24)22-18)19(23)27-11-12(2)3/h7-8,10,12,17-18H,4,6,9,11H2,1-3,5H3,(H2,21,22,24)/t17-,18+/m0/s1. The van der Waals surface area contributed by atoms with E-state index in [-0.39, 0.29) is 5.92 Å². The molecule has 1 aromatic carbocycles. The maximum absolute atomic E-state index is 12.6. The predicted octanol–water partition coefficient (Wildman–Crippen LogP) is 3.17. The molecule has 0 unspecified atom stereocenters. The molecule has 1 saturated heterocycles. The van der Waals surface area contributed by atoms with Gasteiger partial charge in [-0.05, 0) is 30.0 Å². The highest BCUT2D eigenvalue weighted by Crippen LogP contribution is 2.36. The Hall–Kier alpha value is -2.70. The van der Waals surface area contributed by atoms with E-state index in [0.717, 1.165) is 6.42 Å². The summed E-state index contributed by atoms with van der Waals surface area (Å²) in [7, 11) is 1.55. The summed E-state index contributed by atoms with van der Waals surface area (Å²) in [6.07, 6.45) is 0.874. The molecule has 0 bridgehead atoms. The number of ether oxygens (including phenoxy) is 3. The molecule has 148 valence electrons. The minimum Gasteiger partial charge on any atom is -0.493 e. The van der Waals surface area contributed by atoms with E-state index in [2.05, 4.69) is 17.2 Å². The molecular formula is C20H28N2O5. The molecule has 1 aliphatic rings. The predicted molar refractivity (Wildman–Crippen MR) is 102 cm³/mol. The number of carbonyl (C=O) groups is 2. The van der Waals surface area contributed by atoms with Crippen LogP contribution in [0.1, 0.15) is 38.8 Å². The average molecular weight is 376 g/mol. The third kappa shape index (κ3) is 5.15. The smallest absolute Gasteiger partial charge is 0.319 e. The van der Waals surface area contributed by atoms with Crippen molar-refractivity contribution in [2.24, 2.45) is 11.8 Å². The number of rotatable bonds is 8. The first-order valence-electron chi connectivity index (χ1n) is 9.11. The van der Waals surface area contributed by atoms with Crippen molar-refractivity contribution < 1.29 is 23.8 Å². The van der Waals surface area contributed by atoms with Gasteiger partial charge in [0.15, 0.2) is 11.5 Å². The van der Waals surface area contributed by atoms with Gasteiger partial charge in [0.05, 0.1) is 26.4 Å². The molecule has 0 aliphatic carbocycles. The van der Waals surface area contributed by atoms with Crippen molar-refractivity contribution in [1.82, 2.24) is 10.6 Å². The Bertz CT molecular complexity index is 702. The van der Waals surface area contributed by atoms with Crippen LogP contribution < -0.4 is 20.1 Å². The van der Waals surface area contributed by atoms with Gasteiger partial charge in [-0.3, -0.25) is 4.79 Å². The zero-order valence-corrected chi connectivity index (χ0v) is 16.3. The van der Waals surface area contributed by atoms with Gasteiger partial charge in [0, 0.05) is 5.70 Å². The summed E-state index contributed by atoms with van der Waals surface area (Å²) in [5.41, 5.74) is 1.01. The molecule has 0 radical (unpaired) electrons. The van der Waals surface area contributed by atoms with Crippen LogP contribution in [0.5, 0.6) is 11.5 Å². The lowest BCUT2D eigenvalue weighted by Gasteiger charge is -2.33. The fourth-order valence-corrected chi connectivity index (χ4v) is 2.79. The van der Waals surface area contributed by atoms with Gasteiger partial charge >= 0.3 is 12.0 Å². The van der Waals surface area contributed by atoms with Crippen LogP contribution in [0.4, 0.5) is 4.79 Å². The normalized spacial score (nSPS) is 19.3. The van der Waals surface area contributed by atoms with E-state index in [1.807, 2.05) is 20.8 Å². The number of urea groups is 1. The maximum Gasteiger partial charge on any atom is 0.319 e. The van der Waals surface area contributed by atoms with Crippen molar-refractivity contribution in [2.75, 3.05) is 20.3 Å². The first-order valence-corrected chi connectivity index (χ1v) is 9.11. The van der Waals surface area contributed by atoms with Gasteiger partial charge in [0.25, 0.3) is 0 Å². The molecule has 1 aliphatic heterocycles. The number of amides is 2. The molecule has 2 N–H and O–H groups in total. The lowest BCUT2D eigenvalue weighted by molar-refractivity contribution is -0.149. The summed E-state index contributed by atoms with van der Waals surface area (Å²) in [6, 6.07) is 4.32. The van der Waals surface area contributed by atoms with E-state index in [1.54, 1.807) is 25.3 Å². The Morgan fingerprint density at radius 1 is 1.30 bits per heavy atom. The van der Waals surface area contributed by atoms with E-state index in [0.29, 0.717) is 36.0 Å². The van der Waals surface area contributed by atoms with Crippen molar-refractivity contribution in [1.29, 1.82) is 0 Å². The van der Waals surface area contributed by atoms with Crippen molar-refractivity contribution in [3.8, 4) is 11.5 Å². The highest BCUT2D eigenvalue weighted by Gasteiger charge is 2.39. The number of carbonyl (C=O) groups excluding carboxylic acids is 2. The van der Waals surface area contributed by atoms with Gasteiger partial charge in [0.2, 0.25) is 0 Å². The molecule has 27 heavy (non-hydrogen) atoms. The average Bonchev–Trinajstić information content (AvgIpc) is 2.63. The second-order valence-electron chi connectivity index (χ2n) is 6.86. The van der Waals surface area contributed by atoms with E-state index in [1.165, 1.54) is 0 Å². The Morgan fingerprint density at radius 3 is 2.67 bits per heavy atom. The van der Waals surface area contributed by atoms with E-state index in [9.17, 15) is 9.59 Å². The van der Waals surface area contributed by atoms with Crippen molar-refractivity contribution in [3.63, 3.8) is 0 Å². The number of nitrogens with one attached hydrogen (secondary N) is 2. The fourth-order valence-electron chi connectivity index (χ4n) is 2.79. The highest BCUT2D eigenvalue weighted by atomic mass is 16.5. The summed E-state index contributed by atoms with van der Waals surface area (Å²) < 4.78 is 16.5. The second-order valence-corrected chi connectivity index (χ2v) is 6.86. The zero-order chi connectivity index (χ0) is 20.0. The van der Waals surface area contributed by atoms with Crippen LogP contribution >= 0.6 is 0 Å². The van der Waals surface area contributed by atoms with Gasteiger partial charge in [-0.25, -0.2) is 4.79 Å². The van der Waals surface area contributed by atoms with Crippen LogP contribution in [0.15, 0.2) is 30.5 Å². The van der Waals surface area contributed by atoms with Crippen LogP contribution in [0.3, 0.4) is 0 Å². The number of methoxy groups -OCH3 is 1. The van der Waals surface area contributed by atoms with Crippen LogP contribution in [-0.4, -0.2) is 32.3 Å².